The van der Waals surface area contributed by atoms with Gasteiger partial charge in [-0.15, -0.1) is 0 Å². The Morgan fingerprint density at radius 1 is 1.20 bits per heavy atom. The second kappa shape index (κ2) is 12.1. The molecule has 2 rings (SSSR count). The lowest BCUT2D eigenvalue weighted by Crippen LogP contribution is -2.60. The summed E-state index contributed by atoms with van der Waals surface area (Å²) in [5, 5.41) is 5.41. The number of carbonyl (C=O) groups excluding carboxylic acids is 3. The van der Waals surface area contributed by atoms with Crippen LogP contribution >= 0.6 is 12.2 Å². The maximum Gasteiger partial charge on any atom is 0.308 e. The molecule has 0 saturated carbocycles. The first-order valence-corrected chi connectivity index (χ1v) is 10.2. The molecule has 0 aliphatic carbocycles. The van der Waals surface area contributed by atoms with Crippen LogP contribution in [0, 0.1) is 0 Å². The monoisotopic (exact) mass is 437 g/mol. The Bertz CT molecular complexity index is 755. The highest BCUT2D eigenvalue weighted by atomic mass is 32.1. The fourth-order valence-corrected chi connectivity index (χ4v) is 3.16. The highest BCUT2D eigenvalue weighted by Crippen LogP contribution is 2.14. The van der Waals surface area contributed by atoms with Crippen LogP contribution in [0.3, 0.4) is 0 Å². The van der Waals surface area contributed by atoms with Crippen LogP contribution in [0.5, 0.6) is 5.75 Å². The van der Waals surface area contributed by atoms with Gasteiger partial charge in [0.2, 0.25) is 5.91 Å². The van der Waals surface area contributed by atoms with Gasteiger partial charge in [-0.05, 0) is 50.3 Å². The molecule has 1 atom stereocenters. The number of hydrogen-bond acceptors (Lipinski definition) is 7. The van der Waals surface area contributed by atoms with Crippen LogP contribution in [0.15, 0.2) is 24.3 Å². The average molecular weight is 438 g/mol. The molecule has 2 amide bonds. The molecular formula is C20H27N3O6S. The number of amides is 2. The van der Waals surface area contributed by atoms with Crippen molar-refractivity contribution in [3.05, 3.63) is 29.8 Å². The first kappa shape index (κ1) is 23.6. The van der Waals surface area contributed by atoms with Gasteiger partial charge >= 0.3 is 5.97 Å². The summed E-state index contributed by atoms with van der Waals surface area (Å²) < 4.78 is 15.7. The lowest BCUT2D eigenvalue weighted by atomic mass is 10.1. The zero-order chi connectivity index (χ0) is 21.9. The molecule has 1 saturated heterocycles. The molecule has 30 heavy (non-hydrogen) atoms. The fraction of sp³-hybridized carbons (Fsp3) is 0.500. The third-order valence-corrected chi connectivity index (χ3v) is 4.63. The Morgan fingerprint density at radius 3 is 2.60 bits per heavy atom. The lowest BCUT2D eigenvalue weighted by Gasteiger charge is -2.36. The van der Waals surface area contributed by atoms with Crippen molar-refractivity contribution in [2.24, 2.45) is 0 Å². The number of piperazine rings is 1. The van der Waals surface area contributed by atoms with Gasteiger partial charge in [-0.25, -0.2) is 0 Å². The van der Waals surface area contributed by atoms with Gasteiger partial charge in [0.05, 0.1) is 19.6 Å². The van der Waals surface area contributed by atoms with E-state index < -0.39 is 17.9 Å². The van der Waals surface area contributed by atoms with Gasteiger partial charge in [0, 0.05) is 25.3 Å². The molecule has 1 aromatic rings. The maximum absolute atomic E-state index is 12.5. The topological polar surface area (TPSA) is 106 Å². The van der Waals surface area contributed by atoms with Gasteiger partial charge in [-0.3, -0.25) is 19.7 Å². The molecule has 0 spiro atoms. The minimum absolute atomic E-state index is 0.0844. The van der Waals surface area contributed by atoms with Crippen LogP contribution in [-0.4, -0.2) is 73.4 Å². The molecule has 1 aromatic carbocycles. The number of carbonyl (C=O) groups is 3. The van der Waals surface area contributed by atoms with E-state index in [0.29, 0.717) is 44.2 Å². The van der Waals surface area contributed by atoms with Crippen molar-refractivity contribution in [1.82, 2.24) is 15.5 Å². The summed E-state index contributed by atoms with van der Waals surface area (Å²) >= 11 is 5.33. The number of benzene rings is 1. The van der Waals surface area contributed by atoms with E-state index in [-0.39, 0.29) is 24.0 Å². The van der Waals surface area contributed by atoms with Crippen LogP contribution in [0.1, 0.15) is 30.6 Å². The minimum Gasteiger partial charge on any atom is -0.491 e. The summed E-state index contributed by atoms with van der Waals surface area (Å²) in [6.45, 7) is 6.10. The van der Waals surface area contributed by atoms with Gasteiger partial charge in [-0.2, -0.15) is 0 Å². The summed E-state index contributed by atoms with van der Waals surface area (Å²) in [6, 6.07) is 5.77. The number of thiocarbonyl (C=S) groups is 1. The summed E-state index contributed by atoms with van der Waals surface area (Å²) in [5.41, 5.74) is 0.387. The highest BCUT2D eigenvalue weighted by molar-refractivity contribution is 7.80. The predicted octanol–water partition coefficient (Wildman–Crippen LogP) is 0.870. The quantitative estimate of drug-likeness (QED) is 0.333. The van der Waals surface area contributed by atoms with Crippen molar-refractivity contribution >= 4 is 35.1 Å². The Balaban J connectivity index is 1.95. The maximum atomic E-state index is 12.5. The van der Waals surface area contributed by atoms with Gasteiger partial charge in [0.15, 0.2) is 5.11 Å². The number of nitrogens with one attached hydrogen (secondary N) is 2. The third-order valence-electron chi connectivity index (χ3n) is 4.29. The van der Waals surface area contributed by atoms with E-state index in [1.165, 1.54) is 4.90 Å². The SMILES string of the molecule is CCOCCOc1ccc(C(=O)NC(=S)N2CCNC(=O)C2CC(=O)OCC)cc1. The molecule has 1 aliphatic rings. The van der Waals surface area contributed by atoms with Crippen LogP contribution in [0.4, 0.5) is 0 Å². The third kappa shape index (κ3) is 6.96. The molecule has 0 bridgehead atoms. The van der Waals surface area contributed by atoms with Crippen molar-refractivity contribution in [3.63, 3.8) is 0 Å². The van der Waals surface area contributed by atoms with Crippen molar-refractivity contribution in [2.45, 2.75) is 26.3 Å². The molecular weight excluding hydrogens is 410 g/mol. The molecule has 1 aliphatic heterocycles. The Labute approximate surface area is 181 Å². The highest BCUT2D eigenvalue weighted by Gasteiger charge is 2.34. The summed E-state index contributed by atoms with van der Waals surface area (Å²) in [5.74, 6) is -0.629. The Hall–Kier alpha value is -2.72. The molecule has 1 heterocycles. The zero-order valence-electron chi connectivity index (χ0n) is 17.1. The summed E-state index contributed by atoms with van der Waals surface area (Å²) in [4.78, 5) is 38.1. The second-order valence-corrected chi connectivity index (χ2v) is 6.73. The van der Waals surface area contributed by atoms with E-state index in [2.05, 4.69) is 10.6 Å². The van der Waals surface area contributed by atoms with Gasteiger partial charge in [0.1, 0.15) is 18.4 Å². The zero-order valence-corrected chi connectivity index (χ0v) is 18.0. The summed E-state index contributed by atoms with van der Waals surface area (Å²) in [6.07, 6.45) is -0.149. The lowest BCUT2D eigenvalue weighted by molar-refractivity contribution is -0.147. The largest absolute Gasteiger partial charge is 0.491 e. The fourth-order valence-electron chi connectivity index (χ4n) is 2.84. The van der Waals surface area contributed by atoms with Crippen molar-refractivity contribution in [3.8, 4) is 5.75 Å². The second-order valence-electron chi connectivity index (χ2n) is 6.34. The minimum atomic E-state index is -0.827. The Kier molecular flexibility index (Phi) is 9.49. The number of rotatable bonds is 9. The average Bonchev–Trinajstić information content (AvgIpc) is 2.73. The van der Waals surface area contributed by atoms with Gasteiger partial charge in [0.25, 0.3) is 5.91 Å². The standard InChI is InChI=1S/C20H27N3O6S/c1-3-27-11-12-29-15-7-5-14(6-8-15)18(25)22-20(30)23-10-9-21-19(26)16(23)13-17(24)28-4-2/h5-8,16H,3-4,9-13H2,1-2H3,(H,21,26)(H,22,25,30). The van der Waals surface area contributed by atoms with E-state index in [4.69, 9.17) is 26.4 Å². The predicted molar refractivity (Wildman–Crippen MR) is 113 cm³/mol. The van der Waals surface area contributed by atoms with Gasteiger partial charge in [-0.1, -0.05) is 0 Å². The van der Waals surface area contributed by atoms with E-state index in [1.54, 1.807) is 31.2 Å². The van der Waals surface area contributed by atoms with Crippen molar-refractivity contribution in [1.29, 1.82) is 0 Å². The number of ether oxygens (including phenoxy) is 3. The smallest absolute Gasteiger partial charge is 0.308 e. The first-order chi connectivity index (χ1) is 14.5. The van der Waals surface area contributed by atoms with Crippen LogP contribution in [-0.2, 0) is 19.1 Å². The normalized spacial score (nSPS) is 15.9. The van der Waals surface area contributed by atoms with Crippen LogP contribution < -0.4 is 15.4 Å². The number of hydrogen-bond donors (Lipinski definition) is 2. The molecule has 9 nitrogen and oxygen atoms in total. The molecule has 0 radical (unpaired) electrons. The molecule has 1 fully saturated rings. The van der Waals surface area contributed by atoms with E-state index >= 15 is 0 Å². The molecule has 10 heteroatoms. The van der Waals surface area contributed by atoms with E-state index in [0.717, 1.165) is 0 Å². The Morgan fingerprint density at radius 2 is 1.93 bits per heavy atom. The van der Waals surface area contributed by atoms with Crippen LogP contribution in [0.2, 0.25) is 0 Å². The molecule has 1 unspecified atom stereocenters. The first-order valence-electron chi connectivity index (χ1n) is 9.82. The van der Waals surface area contributed by atoms with Crippen LogP contribution in [0.25, 0.3) is 0 Å². The van der Waals surface area contributed by atoms with Gasteiger partial charge < -0.3 is 24.4 Å². The molecule has 164 valence electrons. The van der Waals surface area contributed by atoms with Crippen molar-refractivity contribution in [2.75, 3.05) is 39.5 Å². The molecule has 2 N–H and O–H groups in total. The molecule has 0 aromatic heterocycles. The van der Waals surface area contributed by atoms with Crippen molar-refractivity contribution < 1.29 is 28.6 Å². The number of nitrogens with zero attached hydrogens (tertiary/aromatic N) is 1. The van der Waals surface area contributed by atoms with E-state index in [9.17, 15) is 14.4 Å². The number of esters is 1. The van der Waals surface area contributed by atoms with E-state index in [1.807, 2.05) is 6.92 Å². The summed E-state index contributed by atoms with van der Waals surface area (Å²) in [7, 11) is 0.